The Morgan fingerprint density at radius 2 is 1.95 bits per heavy atom. The number of carbonyl (C=O) groups excluding carboxylic acids is 1. The summed E-state index contributed by atoms with van der Waals surface area (Å²) in [7, 11) is 0. The Kier molecular flexibility index (Phi) is 8.02. The highest BCUT2D eigenvalue weighted by Gasteiger charge is 2.24. The van der Waals surface area contributed by atoms with Crippen LogP contribution in [0.5, 0.6) is 0 Å². The van der Waals surface area contributed by atoms with Gasteiger partial charge in [0.1, 0.15) is 0 Å². The van der Waals surface area contributed by atoms with E-state index < -0.39 is 0 Å². The molecular weight excluding hydrogens is 240 g/mol. The van der Waals surface area contributed by atoms with Crippen molar-refractivity contribution in [2.75, 3.05) is 45.8 Å². The molecule has 0 spiro atoms. The number of nitrogens with zero attached hydrogens (tertiary/aromatic N) is 2. The lowest BCUT2D eigenvalue weighted by Crippen LogP contribution is -2.54. The molecule has 0 saturated carbocycles. The van der Waals surface area contributed by atoms with E-state index in [0.29, 0.717) is 0 Å². The number of nitrogens with one attached hydrogen (secondary N) is 1. The molecule has 0 aromatic rings. The zero-order chi connectivity index (χ0) is 14.1. The van der Waals surface area contributed by atoms with E-state index in [1.165, 1.54) is 0 Å². The fraction of sp³-hybridized carbons (Fsp3) is 0.929. The fourth-order valence-electron chi connectivity index (χ4n) is 2.39. The Labute approximate surface area is 117 Å². The molecule has 1 saturated heterocycles. The van der Waals surface area contributed by atoms with Crippen LogP contribution < -0.4 is 11.1 Å². The van der Waals surface area contributed by atoms with Crippen molar-refractivity contribution < 1.29 is 4.79 Å². The Hall–Kier alpha value is -0.650. The van der Waals surface area contributed by atoms with E-state index in [4.69, 9.17) is 5.73 Å². The lowest BCUT2D eigenvalue weighted by atomic mass is 10.2. The SMILES string of the molecule is CCCCNC(=O)C(C)N1CCN(CCCN)CC1. The minimum atomic E-state index is -0.00601. The highest BCUT2D eigenvalue weighted by Crippen LogP contribution is 2.07. The molecule has 0 bridgehead atoms. The van der Waals surface area contributed by atoms with Crippen LogP contribution in [-0.2, 0) is 4.79 Å². The van der Waals surface area contributed by atoms with Crippen molar-refractivity contribution in [2.45, 2.75) is 39.2 Å². The van der Waals surface area contributed by atoms with Crippen LogP contribution in [0, 0.1) is 0 Å². The topological polar surface area (TPSA) is 61.6 Å². The molecule has 0 aromatic carbocycles. The van der Waals surface area contributed by atoms with Crippen LogP contribution >= 0.6 is 0 Å². The van der Waals surface area contributed by atoms with Crippen molar-refractivity contribution >= 4 is 5.91 Å². The summed E-state index contributed by atoms with van der Waals surface area (Å²) in [5.41, 5.74) is 5.53. The van der Waals surface area contributed by atoms with Gasteiger partial charge in [0.25, 0.3) is 0 Å². The third kappa shape index (κ3) is 5.89. The van der Waals surface area contributed by atoms with Gasteiger partial charge < -0.3 is 16.0 Å². The predicted molar refractivity (Wildman–Crippen MR) is 79.1 cm³/mol. The van der Waals surface area contributed by atoms with Gasteiger partial charge in [-0.05, 0) is 32.9 Å². The molecule has 1 aliphatic rings. The van der Waals surface area contributed by atoms with Crippen LogP contribution in [0.2, 0.25) is 0 Å². The predicted octanol–water partition coefficient (Wildman–Crippen LogP) is 0.258. The summed E-state index contributed by atoms with van der Waals surface area (Å²) in [6.45, 7) is 10.8. The summed E-state index contributed by atoms with van der Waals surface area (Å²) in [5, 5.41) is 3.02. The molecule has 1 rings (SSSR count). The van der Waals surface area contributed by atoms with Crippen molar-refractivity contribution in [1.82, 2.24) is 15.1 Å². The van der Waals surface area contributed by atoms with E-state index in [1.807, 2.05) is 6.92 Å². The number of amides is 1. The number of hydrogen-bond donors (Lipinski definition) is 2. The molecule has 1 unspecified atom stereocenters. The highest BCUT2D eigenvalue weighted by atomic mass is 16.2. The van der Waals surface area contributed by atoms with E-state index in [0.717, 1.165) is 65.1 Å². The van der Waals surface area contributed by atoms with Crippen molar-refractivity contribution in [2.24, 2.45) is 5.73 Å². The van der Waals surface area contributed by atoms with Crippen molar-refractivity contribution in [3.05, 3.63) is 0 Å². The minimum absolute atomic E-state index is 0.00601. The second kappa shape index (κ2) is 9.28. The van der Waals surface area contributed by atoms with Crippen molar-refractivity contribution in [1.29, 1.82) is 0 Å². The quantitative estimate of drug-likeness (QED) is 0.621. The molecule has 1 atom stereocenters. The zero-order valence-corrected chi connectivity index (χ0v) is 12.5. The van der Waals surface area contributed by atoms with Gasteiger partial charge >= 0.3 is 0 Å². The third-order valence-corrected chi connectivity index (χ3v) is 3.84. The van der Waals surface area contributed by atoms with Gasteiger partial charge in [-0.25, -0.2) is 0 Å². The normalized spacial score (nSPS) is 19.3. The molecule has 0 radical (unpaired) electrons. The zero-order valence-electron chi connectivity index (χ0n) is 12.5. The second-order valence-corrected chi connectivity index (χ2v) is 5.34. The largest absolute Gasteiger partial charge is 0.355 e. The maximum absolute atomic E-state index is 12.0. The lowest BCUT2D eigenvalue weighted by molar-refractivity contribution is -0.126. The summed E-state index contributed by atoms with van der Waals surface area (Å²) in [6.07, 6.45) is 3.24. The van der Waals surface area contributed by atoms with Crippen LogP contribution in [0.4, 0.5) is 0 Å². The first-order valence-corrected chi connectivity index (χ1v) is 7.63. The molecule has 0 aromatic heterocycles. The number of nitrogens with two attached hydrogens (primary N) is 1. The fourth-order valence-corrected chi connectivity index (χ4v) is 2.39. The highest BCUT2D eigenvalue weighted by molar-refractivity contribution is 5.81. The first kappa shape index (κ1) is 16.4. The van der Waals surface area contributed by atoms with Crippen molar-refractivity contribution in [3.8, 4) is 0 Å². The molecular formula is C14H30N4O. The van der Waals surface area contributed by atoms with Crippen LogP contribution in [0.3, 0.4) is 0 Å². The summed E-state index contributed by atoms with van der Waals surface area (Å²) < 4.78 is 0. The molecule has 19 heavy (non-hydrogen) atoms. The Morgan fingerprint density at radius 3 is 2.53 bits per heavy atom. The van der Waals surface area contributed by atoms with E-state index in [-0.39, 0.29) is 11.9 Å². The molecule has 112 valence electrons. The number of carbonyl (C=O) groups is 1. The van der Waals surface area contributed by atoms with E-state index >= 15 is 0 Å². The van der Waals surface area contributed by atoms with Gasteiger partial charge in [0.2, 0.25) is 5.91 Å². The van der Waals surface area contributed by atoms with Gasteiger partial charge in [-0.2, -0.15) is 0 Å². The molecule has 1 heterocycles. The van der Waals surface area contributed by atoms with Gasteiger partial charge in [-0.1, -0.05) is 13.3 Å². The lowest BCUT2D eigenvalue weighted by Gasteiger charge is -2.37. The average molecular weight is 270 g/mol. The first-order valence-electron chi connectivity index (χ1n) is 7.63. The molecule has 1 fully saturated rings. The molecule has 1 amide bonds. The summed E-state index contributed by atoms with van der Waals surface area (Å²) in [5.74, 6) is 0.170. The van der Waals surface area contributed by atoms with Gasteiger partial charge in [-0.3, -0.25) is 9.69 Å². The van der Waals surface area contributed by atoms with Gasteiger partial charge in [0, 0.05) is 32.7 Å². The van der Waals surface area contributed by atoms with E-state index in [1.54, 1.807) is 0 Å². The minimum Gasteiger partial charge on any atom is -0.355 e. The van der Waals surface area contributed by atoms with Crippen LogP contribution in [0.25, 0.3) is 0 Å². The summed E-state index contributed by atoms with van der Waals surface area (Å²) >= 11 is 0. The van der Waals surface area contributed by atoms with Gasteiger partial charge in [0.15, 0.2) is 0 Å². The molecule has 1 aliphatic heterocycles. The number of rotatable bonds is 8. The summed E-state index contributed by atoms with van der Waals surface area (Å²) in [6, 6.07) is -0.00601. The smallest absolute Gasteiger partial charge is 0.237 e. The van der Waals surface area contributed by atoms with Crippen molar-refractivity contribution in [3.63, 3.8) is 0 Å². The second-order valence-electron chi connectivity index (χ2n) is 5.34. The molecule has 5 heteroatoms. The number of unbranched alkanes of at least 4 members (excludes halogenated alkanes) is 1. The number of piperazine rings is 1. The average Bonchev–Trinajstić information content (AvgIpc) is 2.45. The maximum Gasteiger partial charge on any atom is 0.237 e. The Balaban J connectivity index is 2.23. The van der Waals surface area contributed by atoms with E-state index in [2.05, 4.69) is 22.0 Å². The maximum atomic E-state index is 12.0. The Morgan fingerprint density at radius 1 is 1.26 bits per heavy atom. The molecule has 3 N–H and O–H groups in total. The third-order valence-electron chi connectivity index (χ3n) is 3.84. The first-order chi connectivity index (χ1) is 9.19. The Bertz CT molecular complexity index is 252. The van der Waals surface area contributed by atoms with Gasteiger partial charge in [-0.15, -0.1) is 0 Å². The summed E-state index contributed by atoms with van der Waals surface area (Å²) in [4.78, 5) is 16.7. The number of hydrogen-bond acceptors (Lipinski definition) is 4. The van der Waals surface area contributed by atoms with E-state index in [9.17, 15) is 4.79 Å². The molecule has 5 nitrogen and oxygen atoms in total. The van der Waals surface area contributed by atoms with Crippen LogP contribution in [-0.4, -0.2) is 67.6 Å². The standard InChI is InChI=1S/C14H30N4O/c1-3-4-7-16-14(19)13(2)18-11-9-17(10-12-18)8-5-6-15/h13H,3-12,15H2,1-2H3,(H,16,19). The monoisotopic (exact) mass is 270 g/mol. The van der Waals surface area contributed by atoms with Crippen LogP contribution in [0.15, 0.2) is 0 Å². The van der Waals surface area contributed by atoms with Crippen LogP contribution in [0.1, 0.15) is 33.1 Å². The molecule has 0 aliphatic carbocycles. The van der Waals surface area contributed by atoms with Gasteiger partial charge in [0.05, 0.1) is 6.04 Å².